The Kier molecular flexibility index (Phi) is 6.28. The third-order valence-corrected chi connectivity index (χ3v) is 6.58. The Morgan fingerprint density at radius 2 is 1.79 bits per heavy atom. The number of benzene rings is 2. The number of aliphatic hydroxyl groups is 1. The van der Waals surface area contributed by atoms with Crippen molar-refractivity contribution in [3.63, 3.8) is 0 Å². The molecule has 0 aromatic heterocycles. The van der Waals surface area contributed by atoms with Gasteiger partial charge < -0.3 is 24.3 Å². The molecule has 0 fully saturated rings. The molecule has 29 heavy (non-hydrogen) atoms. The molecule has 4 rings (SSSR count). The van der Waals surface area contributed by atoms with E-state index in [0.717, 1.165) is 49.8 Å². The van der Waals surface area contributed by atoms with Crippen LogP contribution in [-0.4, -0.2) is 24.3 Å². The van der Waals surface area contributed by atoms with Crippen molar-refractivity contribution in [3.05, 3.63) is 58.1 Å². The minimum absolute atomic E-state index is 0.0635. The fraction of sp³-hybridized carbons (Fsp3) is 0.409. The number of carbonyl (C=O) groups is 1. The van der Waals surface area contributed by atoms with Crippen molar-refractivity contribution in [1.82, 2.24) is 5.32 Å². The molecule has 0 aliphatic heterocycles. The molecule has 6 nitrogen and oxygen atoms in total. The second-order valence-corrected chi connectivity index (χ2v) is 8.70. The molecule has 0 radical (unpaired) electrons. The van der Waals surface area contributed by atoms with Gasteiger partial charge in [-0.2, -0.15) is 10.6 Å². The van der Waals surface area contributed by atoms with Gasteiger partial charge in [0.25, 0.3) is 0 Å². The smallest absolute Gasteiger partial charge is 0.322 e. The number of fused-ring (bicyclic) bond motifs is 2. The fourth-order valence-corrected chi connectivity index (χ4v) is 5.05. The number of hydrogen-bond acceptors (Lipinski definition) is 5. The Hall–Kier alpha value is -2.22. The van der Waals surface area contributed by atoms with Gasteiger partial charge >= 0.3 is 6.03 Å². The van der Waals surface area contributed by atoms with Crippen LogP contribution in [0.3, 0.4) is 0 Å². The molecule has 7 heteroatoms. The normalized spacial score (nSPS) is 15.9. The molecule has 0 bridgehead atoms. The van der Waals surface area contributed by atoms with Crippen LogP contribution in [0.15, 0.2) is 39.6 Å². The standard InChI is InChI=1S/C22H26N3O3S/c26-11-10-23-14-15-4-1-7-18(12-15)29(28)25-22(27)24-21-19-8-2-5-16(19)13-17-6-3-9-20(17)21/h1,4,7,12-13,23,26H,2-3,5-6,8-11,14H2,(H,24,27)/q-1. The number of nitrogens with zero attached hydrogens (tertiary/aromatic N) is 1. The third kappa shape index (κ3) is 4.52. The first-order valence-electron chi connectivity index (χ1n) is 10.2. The quantitative estimate of drug-likeness (QED) is 0.500. The van der Waals surface area contributed by atoms with E-state index >= 15 is 0 Å². The molecule has 3 N–H and O–H groups in total. The van der Waals surface area contributed by atoms with Crippen LogP contribution in [0, 0.1) is 0 Å². The number of rotatable bonds is 6. The lowest BCUT2D eigenvalue weighted by atomic mass is 9.99. The molecule has 2 amide bonds. The van der Waals surface area contributed by atoms with Gasteiger partial charge in [-0.1, -0.05) is 35.2 Å². The average Bonchev–Trinajstić information content (AvgIpc) is 3.37. The lowest BCUT2D eigenvalue weighted by Crippen LogP contribution is -2.17. The van der Waals surface area contributed by atoms with Crippen LogP contribution in [0.5, 0.6) is 0 Å². The lowest BCUT2D eigenvalue weighted by molar-refractivity contribution is 0.260. The van der Waals surface area contributed by atoms with Crippen molar-refractivity contribution in [2.24, 2.45) is 4.36 Å². The number of carbonyl (C=O) groups excluding carboxylic acids is 1. The van der Waals surface area contributed by atoms with Gasteiger partial charge in [0.05, 0.1) is 6.61 Å². The first-order valence-corrected chi connectivity index (χ1v) is 11.3. The Labute approximate surface area is 172 Å². The molecule has 0 unspecified atom stereocenters. The van der Waals surface area contributed by atoms with Gasteiger partial charge in [-0.05, 0) is 66.3 Å². The van der Waals surface area contributed by atoms with Gasteiger partial charge in [-0.3, -0.25) is 0 Å². The molecule has 0 saturated carbocycles. The maximum atomic E-state index is 12.6. The molecule has 0 atom stereocenters. The first-order chi connectivity index (χ1) is 14.2. The minimum atomic E-state index is -1.77. The second kappa shape index (κ2) is 9.07. The molecular weight excluding hydrogens is 386 g/mol. The van der Waals surface area contributed by atoms with E-state index in [4.69, 9.17) is 5.11 Å². The summed E-state index contributed by atoms with van der Waals surface area (Å²) in [7, 11) is -1.77. The molecule has 2 aromatic carbocycles. The van der Waals surface area contributed by atoms with Gasteiger partial charge in [-0.15, -0.1) is 0 Å². The molecule has 2 aliphatic carbocycles. The largest absolute Gasteiger partial charge is 0.439 e. The number of aryl methyl sites for hydroxylation is 2. The summed E-state index contributed by atoms with van der Waals surface area (Å²) in [5.74, 6) is 0. The Morgan fingerprint density at radius 1 is 1.07 bits per heavy atom. The number of aliphatic hydroxyl groups excluding tert-OH is 1. The van der Waals surface area contributed by atoms with Crippen LogP contribution >= 0.6 is 0 Å². The summed E-state index contributed by atoms with van der Waals surface area (Å²) in [6.07, 6.45) is 6.30. The summed E-state index contributed by atoms with van der Waals surface area (Å²) < 4.78 is 16.5. The van der Waals surface area contributed by atoms with E-state index < -0.39 is 16.6 Å². The van der Waals surface area contributed by atoms with Crippen LogP contribution in [0.1, 0.15) is 40.7 Å². The molecule has 2 aliphatic rings. The Bertz CT molecular complexity index is 980. The highest BCUT2D eigenvalue weighted by atomic mass is 32.2. The van der Waals surface area contributed by atoms with Crippen LogP contribution in [-0.2, 0) is 47.0 Å². The van der Waals surface area contributed by atoms with Crippen LogP contribution in [0.2, 0.25) is 0 Å². The fourth-order valence-electron chi connectivity index (χ4n) is 4.30. The SMILES string of the molecule is O=C(N=[S-](=O)c1cccc(CNCCO)c1)Nc1c2c(cc3c1CCC3)CCC2. The zero-order chi connectivity index (χ0) is 20.2. The van der Waals surface area contributed by atoms with Gasteiger partial charge in [-0.25, -0.2) is 4.79 Å². The van der Waals surface area contributed by atoms with Crippen molar-refractivity contribution in [2.75, 3.05) is 18.5 Å². The molecule has 0 spiro atoms. The summed E-state index contributed by atoms with van der Waals surface area (Å²) >= 11 is 0. The highest BCUT2D eigenvalue weighted by molar-refractivity contribution is 7.75. The number of urea groups is 1. The Morgan fingerprint density at radius 3 is 2.48 bits per heavy atom. The van der Waals surface area contributed by atoms with Gasteiger partial charge in [0, 0.05) is 18.8 Å². The van der Waals surface area contributed by atoms with Crippen LogP contribution in [0.4, 0.5) is 10.5 Å². The van der Waals surface area contributed by atoms with Gasteiger partial charge in [0.2, 0.25) is 0 Å². The second-order valence-electron chi connectivity index (χ2n) is 7.55. The van der Waals surface area contributed by atoms with E-state index in [9.17, 15) is 9.00 Å². The maximum absolute atomic E-state index is 12.6. The molecular formula is C22H26N3O3S-. The summed E-state index contributed by atoms with van der Waals surface area (Å²) in [5, 5.41) is 14.9. The maximum Gasteiger partial charge on any atom is 0.322 e. The number of amides is 2. The van der Waals surface area contributed by atoms with Crippen LogP contribution < -0.4 is 10.6 Å². The van der Waals surface area contributed by atoms with Gasteiger partial charge in [0.1, 0.15) is 0 Å². The predicted octanol–water partition coefficient (Wildman–Crippen LogP) is 3.48. The van der Waals surface area contributed by atoms with Gasteiger partial charge in [0.15, 0.2) is 0 Å². The van der Waals surface area contributed by atoms with E-state index in [1.807, 2.05) is 6.07 Å². The van der Waals surface area contributed by atoms with E-state index in [-0.39, 0.29) is 6.61 Å². The Balaban J connectivity index is 1.53. The molecule has 0 heterocycles. The van der Waals surface area contributed by atoms with Crippen LogP contribution in [0.25, 0.3) is 0 Å². The highest BCUT2D eigenvalue weighted by Crippen LogP contribution is 2.38. The van der Waals surface area contributed by atoms with E-state index in [1.165, 1.54) is 22.3 Å². The number of hydrogen-bond donors (Lipinski definition) is 3. The predicted molar refractivity (Wildman–Crippen MR) is 113 cm³/mol. The summed E-state index contributed by atoms with van der Waals surface area (Å²) in [4.78, 5) is 13.1. The minimum Gasteiger partial charge on any atom is -0.439 e. The average molecular weight is 413 g/mol. The van der Waals surface area contributed by atoms with E-state index in [2.05, 4.69) is 21.1 Å². The van der Waals surface area contributed by atoms with Crippen molar-refractivity contribution < 1.29 is 14.1 Å². The highest BCUT2D eigenvalue weighted by Gasteiger charge is 2.24. The summed E-state index contributed by atoms with van der Waals surface area (Å²) in [5.41, 5.74) is 6.99. The monoisotopic (exact) mass is 412 g/mol. The summed E-state index contributed by atoms with van der Waals surface area (Å²) in [6, 6.07) is 8.94. The zero-order valence-electron chi connectivity index (χ0n) is 16.4. The number of nitrogens with one attached hydrogen (secondary N) is 2. The molecule has 2 aromatic rings. The third-order valence-electron chi connectivity index (χ3n) is 5.59. The lowest BCUT2D eigenvalue weighted by Gasteiger charge is -2.16. The molecule has 0 saturated heterocycles. The van der Waals surface area contributed by atoms with Crippen molar-refractivity contribution in [1.29, 1.82) is 0 Å². The summed E-state index contributed by atoms with van der Waals surface area (Å²) in [6.45, 7) is 1.11. The van der Waals surface area contributed by atoms with Crippen molar-refractivity contribution in [2.45, 2.75) is 50.0 Å². The topological polar surface area (TPSA) is 90.8 Å². The molecule has 154 valence electrons. The first kappa shape index (κ1) is 20.1. The van der Waals surface area contributed by atoms with E-state index in [0.29, 0.717) is 18.0 Å². The van der Waals surface area contributed by atoms with Crippen molar-refractivity contribution >= 4 is 22.3 Å². The van der Waals surface area contributed by atoms with E-state index in [1.54, 1.807) is 18.2 Å². The zero-order valence-corrected chi connectivity index (χ0v) is 17.2. The number of anilines is 1. The van der Waals surface area contributed by atoms with Crippen molar-refractivity contribution in [3.8, 4) is 0 Å².